The number of nitrogens with zero attached hydrogens (tertiary/aromatic N) is 1. The first kappa shape index (κ1) is 12.4. The van der Waals surface area contributed by atoms with E-state index >= 15 is 0 Å². The van der Waals surface area contributed by atoms with Gasteiger partial charge in [-0.15, -0.1) is 0 Å². The Morgan fingerprint density at radius 3 is 2.72 bits per heavy atom. The van der Waals surface area contributed by atoms with Crippen molar-refractivity contribution >= 4 is 17.4 Å². The number of aromatic nitrogens is 1. The molecule has 2 aromatic rings. The largest absolute Gasteiger partial charge is 0.437 e. The minimum atomic E-state index is -0.0809. The number of hydrogen-bond acceptors (Lipinski definition) is 3. The van der Waals surface area contributed by atoms with E-state index in [1.807, 2.05) is 19.1 Å². The topological polar surface area (TPSA) is 72.0 Å². The van der Waals surface area contributed by atoms with Gasteiger partial charge in [0, 0.05) is 6.20 Å². The van der Waals surface area contributed by atoms with Crippen molar-refractivity contribution in [3.8, 4) is 11.6 Å². The number of nitrogens with two attached hydrogens (primary N) is 1. The zero-order valence-corrected chi connectivity index (χ0v) is 10.5. The lowest BCUT2D eigenvalue weighted by atomic mass is 10.1. The zero-order valence-electron chi connectivity index (χ0n) is 9.77. The van der Waals surface area contributed by atoms with Crippen molar-refractivity contribution < 1.29 is 4.74 Å². The van der Waals surface area contributed by atoms with Gasteiger partial charge in [0.15, 0.2) is 0 Å². The second kappa shape index (κ2) is 5.06. The standard InChI is InChI=1S/C13H12ClN3O/c1-8-6-7-17-13(11(8)12(15)16)18-10-5-3-2-4-9(10)14/h2-7H,1H3,(H3,15,16). The molecule has 0 amide bonds. The van der Waals surface area contributed by atoms with Crippen LogP contribution in [-0.2, 0) is 0 Å². The van der Waals surface area contributed by atoms with E-state index in [0.29, 0.717) is 16.3 Å². The Labute approximate surface area is 110 Å². The summed E-state index contributed by atoms with van der Waals surface area (Å²) < 4.78 is 5.62. The lowest BCUT2D eigenvalue weighted by Gasteiger charge is -2.11. The van der Waals surface area contributed by atoms with Crippen LogP contribution in [0.5, 0.6) is 11.6 Å². The fourth-order valence-corrected chi connectivity index (χ4v) is 1.74. The first-order valence-corrected chi connectivity index (χ1v) is 5.70. The highest BCUT2D eigenvalue weighted by Gasteiger charge is 2.13. The predicted octanol–water partition coefficient (Wildman–Crippen LogP) is 3.12. The first-order valence-electron chi connectivity index (χ1n) is 5.32. The summed E-state index contributed by atoms with van der Waals surface area (Å²) in [5, 5.41) is 8.04. The van der Waals surface area contributed by atoms with Crippen molar-refractivity contribution in [2.24, 2.45) is 5.73 Å². The fourth-order valence-electron chi connectivity index (χ4n) is 1.57. The van der Waals surface area contributed by atoms with E-state index < -0.39 is 0 Å². The van der Waals surface area contributed by atoms with Gasteiger partial charge in [0.25, 0.3) is 0 Å². The van der Waals surface area contributed by atoms with Crippen LogP contribution in [-0.4, -0.2) is 10.8 Å². The van der Waals surface area contributed by atoms with E-state index in [1.54, 1.807) is 24.4 Å². The summed E-state index contributed by atoms with van der Waals surface area (Å²) in [6, 6.07) is 8.85. The van der Waals surface area contributed by atoms with Crippen molar-refractivity contribution in [1.82, 2.24) is 4.98 Å². The minimum absolute atomic E-state index is 0.0809. The highest BCUT2D eigenvalue weighted by Crippen LogP contribution is 2.30. The van der Waals surface area contributed by atoms with E-state index in [2.05, 4.69) is 4.98 Å². The number of nitrogen functional groups attached to an aromatic ring is 1. The molecule has 0 atom stereocenters. The molecule has 0 saturated carbocycles. The maximum Gasteiger partial charge on any atom is 0.230 e. The number of amidine groups is 1. The second-order valence-corrected chi connectivity index (χ2v) is 4.16. The summed E-state index contributed by atoms with van der Waals surface area (Å²) in [7, 11) is 0. The summed E-state index contributed by atoms with van der Waals surface area (Å²) in [4.78, 5) is 4.10. The van der Waals surface area contributed by atoms with Gasteiger partial charge in [0.05, 0.1) is 10.6 Å². The zero-order chi connectivity index (χ0) is 13.1. The fraction of sp³-hybridized carbons (Fsp3) is 0.0769. The van der Waals surface area contributed by atoms with Crippen LogP contribution in [0.3, 0.4) is 0 Å². The molecule has 0 radical (unpaired) electrons. The molecule has 0 aliphatic heterocycles. The van der Waals surface area contributed by atoms with Crippen LogP contribution in [0.25, 0.3) is 0 Å². The van der Waals surface area contributed by atoms with Gasteiger partial charge in [-0.1, -0.05) is 23.7 Å². The van der Waals surface area contributed by atoms with Gasteiger partial charge in [-0.2, -0.15) is 0 Å². The van der Waals surface area contributed by atoms with Crippen molar-refractivity contribution in [1.29, 1.82) is 5.41 Å². The Kier molecular flexibility index (Phi) is 3.48. The molecule has 4 nitrogen and oxygen atoms in total. The molecule has 18 heavy (non-hydrogen) atoms. The van der Waals surface area contributed by atoms with Crippen molar-refractivity contribution in [3.63, 3.8) is 0 Å². The SMILES string of the molecule is Cc1ccnc(Oc2ccccc2Cl)c1C(=N)N. The Bertz CT molecular complexity index is 599. The number of hydrogen-bond donors (Lipinski definition) is 2. The Morgan fingerprint density at radius 1 is 1.33 bits per heavy atom. The maximum atomic E-state index is 7.56. The molecule has 1 heterocycles. The van der Waals surface area contributed by atoms with Crippen molar-refractivity contribution in [3.05, 3.63) is 52.7 Å². The van der Waals surface area contributed by atoms with E-state index in [1.165, 1.54) is 0 Å². The molecule has 0 aliphatic carbocycles. The Hall–Kier alpha value is -2.07. The van der Waals surface area contributed by atoms with Crippen LogP contribution < -0.4 is 10.5 Å². The molecule has 0 fully saturated rings. The summed E-state index contributed by atoms with van der Waals surface area (Å²) in [5.41, 5.74) is 6.85. The number of benzene rings is 1. The van der Waals surface area contributed by atoms with Gasteiger partial charge >= 0.3 is 0 Å². The summed E-state index contributed by atoms with van der Waals surface area (Å²) in [6.45, 7) is 1.85. The normalized spacial score (nSPS) is 10.1. The molecule has 2 rings (SSSR count). The molecule has 0 unspecified atom stereocenters. The molecule has 5 heteroatoms. The number of pyridine rings is 1. The van der Waals surface area contributed by atoms with Crippen molar-refractivity contribution in [2.45, 2.75) is 6.92 Å². The molecular formula is C13H12ClN3O. The van der Waals surface area contributed by atoms with Crippen LogP contribution in [0.1, 0.15) is 11.1 Å². The van der Waals surface area contributed by atoms with Gasteiger partial charge in [-0.3, -0.25) is 5.41 Å². The summed E-state index contributed by atoms with van der Waals surface area (Å²) in [6.07, 6.45) is 1.61. The molecule has 0 bridgehead atoms. The molecular weight excluding hydrogens is 250 g/mol. The number of halogens is 1. The van der Waals surface area contributed by atoms with Gasteiger partial charge in [0.1, 0.15) is 11.6 Å². The molecule has 1 aromatic carbocycles. The summed E-state index contributed by atoms with van der Waals surface area (Å²) in [5.74, 6) is 0.693. The van der Waals surface area contributed by atoms with E-state index in [4.69, 9.17) is 27.5 Å². The first-order chi connectivity index (χ1) is 8.59. The van der Waals surface area contributed by atoms with E-state index in [0.717, 1.165) is 5.56 Å². The molecule has 3 N–H and O–H groups in total. The predicted molar refractivity (Wildman–Crippen MR) is 71.5 cm³/mol. The summed E-state index contributed by atoms with van der Waals surface area (Å²) >= 11 is 6.01. The quantitative estimate of drug-likeness (QED) is 0.659. The Morgan fingerprint density at radius 2 is 2.06 bits per heavy atom. The smallest absolute Gasteiger partial charge is 0.230 e. The third-order valence-electron chi connectivity index (χ3n) is 2.44. The Balaban J connectivity index is 2.44. The van der Waals surface area contributed by atoms with Crippen molar-refractivity contribution in [2.75, 3.05) is 0 Å². The van der Waals surface area contributed by atoms with Crippen LogP contribution in [0, 0.1) is 12.3 Å². The third-order valence-corrected chi connectivity index (χ3v) is 2.75. The van der Waals surface area contributed by atoms with Crippen LogP contribution in [0.4, 0.5) is 0 Å². The maximum absolute atomic E-state index is 7.56. The highest BCUT2D eigenvalue weighted by molar-refractivity contribution is 6.32. The number of ether oxygens (including phenoxy) is 1. The molecule has 0 saturated heterocycles. The average molecular weight is 262 g/mol. The second-order valence-electron chi connectivity index (χ2n) is 3.75. The van der Waals surface area contributed by atoms with Crippen LogP contribution in [0.15, 0.2) is 36.5 Å². The van der Waals surface area contributed by atoms with Crippen LogP contribution >= 0.6 is 11.6 Å². The average Bonchev–Trinajstić information content (AvgIpc) is 2.31. The van der Waals surface area contributed by atoms with Crippen LogP contribution in [0.2, 0.25) is 5.02 Å². The van der Waals surface area contributed by atoms with Gasteiger partial charge < -0.3 is 10.5 Å². The number of nitrogens with one attached hydrogen (secondary N) is 1. The minimum Gasteiger partial charge on any atom is -0.437 e. The molecule has 0 aliphatic rings. The van der Waals surface area contributed by atoms with Gasteiger partial charge in [-0.05, 0) is 30.7 Å². The third kappa shape index (κ3) is 2.43. The van der Waals surface area contributed by atoms with Gasteiger partial charge in [0.2, 0.25) is 5.88 Å². The molecule has 0 spiro atoms. The molecule has 1 aromatic heterocycles. The van der Waals surface area contributed by atoms with E-state index in [9.17, 15) is 0 Å². The number of para-hydroxylation sites is 1. The number of aryl methyl sites for hydroxylation is 1. The molecule has 92 valence electrons. The highest BCUT2D eigenvalue weighted by atomic mass is 35.5. The lowest BCUT2D eigenvalue weighted by Crippen LogP contribution is -2.14. The van der Waals surface area contributed by atoms with Gasteiger partial charge in [-0.25, -0.2) is 4.98 Å². The number of rotatable bonds is 3. The lowest BCUT2D eigenvalue weighted by molar-refractivity contribution is 0.461. The monoisotopic (exact) mass is 261 g/mol. The van der Waals surface area contributed by atoms with E-state index in [-0.39, 0.29) is 11.7 Å².